The van der Waals surface area contributed by atoms with E-state index in [0.717, 1.165) is 5.56 Å². The molecule has 74 valence electrons. The van der Waals surface area contributed by atoms with Crippen molar-refractivity contribution in [3.63, 3.8) is 0 Å². The molecule has 13 heavy (non-hydrogen) atoms. The zero-order valence-corrected chi connectivity index (χ0v) is 7.79. The van der Waals surface area contributed by atoms with E-state index in [1.165, 1.54) is 0 Å². The maximum atomic E-state index is 11.9. The first-order chi connectivity index (χ1) is 6.13. The van der Waals surface area contributed by atoms with Crippen LogP contribution in [0.5, 0.6) is 0 Å². The Balaban J connectivity index is 2.49. The lowest BCUT2D eigenvalue weighted by atomic mass is 10.3. The predicted octanol–water partition coefficient (Wildman–Crippen LogP) is 0.471. The lowest BCUT2D eigenvalue weighted by Crippen LogP contribution is -2.21. The second-order valence-electron chi connectivity index (χ2n) is 3.02. The van der Waals surface area contributed by atoms with Gasteiger partial charge in [0.05, 0.1) is 6.10 Å². The highest BCUT2D eigenvalue weighted by Crippen LogP contribution is 2.09. The third-order valence-corrected chi connectivity index (χ3v) is 1.69. The summed E-state index contributed by atoms with van der Waals surface area (Å²) < 4.78 is 13.5. The van der Waals surface area contributed by atoms with Gasteiger partial charge < -0.3 is 10.4 Å². The number of hydrogen-bond donors (Lipinski definition) is 2. The Morgan fingerprint density at radius 3 is 2.92 bits per heavy atom. The molecule has 2 N–H and O–H groups in total. The average Bonchev–Trinajstić information content (AvgIpc) is 2.41. The van der Waals surface area contributed by atoms with Crippen molar-refractivity contribution in [2.75, 3.05) is 18.5 Å². The van der Waals surface area contributed by atoms with Crippen LogP contribution in [-0.2, 0) is 7.05 Å². The van der Waals surface area contributed by atoms with Crippen molar-refractivity contribution < 1.29 is 9.50 Å². The highest BCUT2D eigenvalue weighted by atomic mass is 19.1. The van der Waals surface area contributed by atoms with Crippen LogP contribution in [0.2, 0.25) is 0 Å². The molecule has 0 bridgehead atoms. The van der Waals surface area contributed by atoms with E-state index < -0.39 is 12.8 Å². The normalized spacial score (nSPS) is 12.9. The largest absolute Gasteiger partial charge is 0.389 e. The zero-order valence-electron chi connectivity index (χ0n) is 7.79. The van der Waals surface area contributed by atoms with Crippen LogP contribution in [0.4, 0.5) is 10.2 Å². The van der Waals surface area contributed by atoms with Crippen LogP contribution < -0.4 is 5.32 Å². The van der Waals surface area contributed by atoms with Crippen LogP contribution >= 0.6 is 0 Å². The van der Waals surface area contributed by atoms with Crippen LogP contribution in [-0.4, -0.2) is 34.2 Å². The number of rotatable bonds is 4. The molecule has 0 amide bonds. The topological polar surface area (TPSA) is 50.1 Å². The number of aromatic nitrogens is 2. The maximum absolute atomic E-state index is 11.9. The monoisotopic (exact) mass is 187 g/mol. The molecule has 0 saturated carbocycles. The molecule has 0 aliphatic heterocycles. The molecule has 1 unspecified atom stereocenters. The predicted molar refractivity (Wildman–Crippen MR) is 48.4 cm³/mol. The molecule has 0 fully saturated rings. The van der Waals surface area contributed by atoms with Crippen molar-refractivity contribution >= 4 is 5.82 Å². The Morgan fingerprint density at radius 2 is 2.46 bits per heavy atom. The van der Waals surface area contributed by atoms with Crippen LogP contribution in [0.15, 0.2) is 6.20 Å². The summed E-state index contributed by atoms with van der Waals surface area (Å²) in [5.74, 6) is 0.690. The van der Waals surface area contributed by atoms with Crippen molar-refractivity contribution in [1.29, 1.82) is 0 Å². The summed E-state index contributed by atoms with van der Waals surface area (Å²) in [6.45, 7) is 1.35. The zero-order chi connectivity index (χ0) is 9.84. The van der Waals surface area contributed by atoms with Gasteiger partial charge in [0, 0.05) is 25.4 Å². The van der Waals surface area contributed by atoms with Gasteiger partial charge in [0.15, 0.2) is 5.82 Å². The fourth-order valence-corrected chi connectivity index (χ4v) is 1.05. The van der Waals surface area contributed by atoms with E-state index in [0.29, 0.717) is 5.82 Å². The summed E-state index contributed by atoms with van der Waals surface area (Å²) in [6.07, 6.45) is 0.894. The number of nitrogens with zero attached hydrogens (tertiary/aromatic N) is 2. The first-order valence-corrected chi connectivity index (χ1v) is 4.11. The van der Waals surface area contributed by atoms with E-state index in [2.05, 4.69) is 10.4 Å². The standard InChI is InChI=1S/C8H14FN3O/c1-6-5-12(2)11-8(6)10-4-7(13)3-9/h5,7,13H,3-4H2,1-2H3,(H,10,11). The van der Waals surface area contributed by atoms with Gasteiger partial charge in [-0.15, -0.1) is 0 Å². The van der Waals surface area contributed by atoms with E-state index in [1.807, 2.05) is 20.2 Å². The van der Waals surface area contributed by atoms with E-state index in [9.17, 15) is 4.39 Å². The van der Waals surface area contributed by atoms with Gasteiger partial charge in [-0.3, -0.25) is 4.68 Å². The van der Waals surface area contributed by atoms with Gasteiger partial charge >= 0.3 is 0 Å². The Kier molecular flexibility index (Phi) is 3.25. The van der Waals surface area contributed by atoms with Crippen molar-refractivity contribution in [2.24, 2.45) is 7.05 Å². The van der Waals surface area contributed by atoms with Gasteiger partial charge in [0.25, 0.3) is 0 Å². The van der Waals surface area contributed by atoms with Crippen LogP contribution in [0.1, 0.15) is 5.56 Å². The minimum atomic E-state index is -0.957. The Bertz CT molecular complexity index is 274. The van der Waals surface area contributed by atoms with Gasteiger partial charge in [-0.05, 0) is 6.92 Å². The minimum absolute atomic E-state index is 0.189. The van der Waals surface area contributed by atoms with E-state index >= 15 is 0 Å². The van der Waals surface area contributed by atoms with Gasteiger partial charge in [0.2, 0.25) is 0 Å². The van der Waals surface area contributed by atoms with E-state index in [4.69, 9.17) is 5.11 Å². The van der Waals surface area contributed by atoms with E-state index in [-0.39, 0.29) is 6.54 Å². The van der Waals surface area contributed by atoms with E-state index in [1.54, 1.807) is 4.68 Å². The summed E-state index contributed by atoms with van der Waals surface area (Å²) in [7, 11) is 1.81. The molecule has 1 aromatic heterocycles. The van der Waals surface area contributed by atoms with Gasteiger partial charge in [-0.1, -0.05) is 0 Å². The van der Waals surface area contributed by atoms with Crippen molar-refractivity contribution in [1.82, 2.24) is 9.78 Å². The molecule has 0 aliphatic rings. The molecule has 0 spiro atoms. The third kappa shape index (κ3) is 2.69. The molecular weight excluding hydrogens is 173 g/mol. The Labute approximate surface area is 76.4 Å². The first-order valence-electron chi connectivity index (χ1n) is 4.11. The minimum Gasteiger partial charge on any atom is -0.389 e. The summed E-state index contributed by atoms with van der Waals surface area (Å²) >= 11 is 0. The number of halogens is 1. The van der Waals surface area contributed by atoms with Crippen LogP contribution in [0, 0.1) is 6.92 Å². The molecular formula is C8H14FN3O. The molecule has 0 aromatic carbocycles. The average molecular weight is 187 g/mol. The second kappa shape index (κ2) is 4.23. The fourth-order valence-electron chi connectivity index (χ4n) is 1.05. The van der Waals surface area contributed by atoms with Crippen LogP contribution in [0.3, 0.4) is 0 Å². The number of aryl methyl sites for hydroxylation is 2. The molecule has 1 atom stereocenters. The summed E-state index contributed by atoms with van der Waals surface area (Å²) in [5, 5.41) is 15.9. The molecule has 5 heteroatoms. The first kappa shape index (κ1) is 9.98. The molecule has 4 nitrogen and oxygen atoms in total. The second-order valence-corrected chi connectivity index (χ2v) is 3.02. The molecule has 1 heterocycles. The highest BCUT2D eigenvalue weighted by molar-refractivity contribution is 5.41. The number of nitrogens with one attached hydrogen (secondary N) is 1. The number of aliphatic hydroxyl groups is 1. The Hall–Kier alpha value is -1.10. The van der Waals surface area contributed by atoms with Crippen molar-refractivity contribution in [3.8, 4) is 0 Å². The van der Waals surface area contributed by atoms with Gasteiger partial charge in [-0.25, -0.2) is 4.39 Å². The molecule has 1 rings (SSSR count). The molecule has 0 saturated heterocycles. The molecule has 0 radical (unpaired) electrons. The summed E-state index contributed by atoms with van der Waals surface area (Å²) in [6, 6.07) is 0. The maximum Gasteiger partial charge on any atom is 0.151 e. The number of alkyl halides is 1. The smallest absolute Gasteiger partial charge is 0.151 e. The summed E-state index contributed by atoms with van der Waals surface area (Å²) in [4.78, 5) is 0. The fraction of sp³-hybridized carbons (Fsp3) is 0.625. The molecule has 0 aliphatic carbocycles. The van der Waals surface area contributed by atoms with Gasteiger partial charge in [0.1, 0.15) is 6.67 Å². The van der Waals surface area contributed by atoms with Crippen LogP contribution in [0.25, 0.3) is 0 Å². The number of hydrogen-bond acceptors (Lipinski definition) is 3. The summed E-state index contributed by atoms with van der Waals surface area (Å²) in [5.41, 5.74) is 0.980. The molecule has 1 aromatic rings. The SMILES string of the molecule is Cc1cn(C)nc1NCC(O)CF. The van der Waals surface area contributed by atoms with Crippen molar-refractivity contribution in [2.45, 2.75) is 13.0 Å². The highest BCUT2D eigenvalue weighted by Gasteiger charge is 2.06. The Morgan fingerprint density at radius 1 is 1.77 bits per heavy atom. The number of aliphatic hydroxyl groups excluding tert-OH is 1. The lowest BCUT2D eigenvalue weighted by Gasteiger charge is -2.07. The quantitative estimate of drug-likeness (QED) is 0.720. The van der Waals surface area contributed by atoms with Gasteiger partial charge in [-0.2, -0.15) is 5.10 Å². The van der Waals surface area contributed by atoms with Crippen molar-refractivity contribution in [3.05, 3.63) is 11.8 Å². The number of anilines is 1. The third-order valence-electron chi connectivity index (χ3n) is 1.69. The lowest BCUT2D eigenvalue weighted by molar-refractivity contribution is 0.151.